The Hall–Kier alpha value is -2.94. The number of nitrogens with one attached hydrogen (secondary N) is 1. The van der Waals surface area contributed by atoms with E-state index in [9.17, 15) is 4.79 Å². The fourth-order valence-corrected chi connectivity index (χ4v) is 3.43. The second kappa shape index (κ2) is 6.41. The molecule has 132 valence electrons. The number of thioether (sulfide) groups is 1. The van der Waals surface area contributed by atoms with Crippen LogP contribution in [0.2, 0.25) is 0 Å². The number of hydrogen-bond acceptors (Lipinski definition) is 7. The smallest absolute Gasteiger partial charge is 0.238 e. The zero-order valence-electron chi connectivity index (χ0n) is 14.4. The molecule has 4 rings (SSSR count). The molecular formula is C17H16N6O2S. The molecule has 0 spiro atoms. The van der Waals surface area contributed by atoms with Gasteiger partial charge in [0, 0.05) is 11.5 Å². The molecule has 0 aliphatic heterocycles. The normalized spacial score (nSPS) is 12.6. The van der Waals surface area contributed by atoms with Crippen LogP contribution in [0.15, 0.2) is 40.0 Å². The third kappa shape index (κ3) is 3.01. The summed E-state index contributed by atoms with van der Waals surface area (Å²) in [4.78, 5) is 21.6. The number of carbonyl (C=O) groups excluding carboxylic acids is 1. The molecule has 1 aromatic carbocycles. The van der Waals surface area contributed by atoms with Gasteiger partial charge in [0.25, 0.3) is 0 Å². The van der Waals surface area contributed by atoms with Crippen molar-refractivity contribution in [2.24, 2.45) is 0 Å². The van der Waals surface area contributed by atoms with Crippen molar-refractivity contribution in [3.8, 4) is 0 Å². The van der Waals surface area contributed by atoms with Gasteiger partial charge in [0.15, 0.2) is 16.6 Å². The predicted molar refractivity (Wildman–Crippen MR) is 98.2 cm³/mol. The van der Waals surface area contributed by atoms with Gasteiger partial charge in [-0.15, -0.1) is 5.10 Å². The SMILES string of the molecule is Cc1nc2c3ccccc3nc(S[C@@H](C)C(=O)Nc3cc(C)on3)n2n1. The molecule has 4 aromatic rings. The summed E-state index contributed by atoms with van der Waals surface area (Å²) in [6.07, 6.45) is 0. The van der Waals surface area contributed by atoms with E-state index in [0.717, 1.165) is 16.6 Å². The van der Waals surface area contributed by atoms with Crippen LogP contribution in [-0.2, 0) is 4.79 Å². The number of nitrogens with zero attached hydrogens (tertiary/aromatic N) is 5. The van der Waals surface area contributed by atoms with Gasteiger partial charge in [-0.25, -0.2) is 9.97 Å². The quantitative estimate of drug-likeness (QED) is 0.437. The van der Waals surface area contributed by atoms with Gasteiger partial charge in [-0.1, -0.05) is 29.1 Å². The van der Waals surface area contributed by atoms with E-state index in [0.29, 0.717) is 22.6 Å². The number of benzene rings is 1. The van der Waals surface area contributed by atoms with Crippen molar-refractivity contribution in [1.29, 1.82) is 0 Å². The average Bonchev–Trinajstić information content (AvgIpc) is 3.20. The second-order valence-electron chi connectivity index (χ2n) is 5.88. The molecule has 3 aromatic heterocycles. The molecule has 0 saturated carbocycles. The first kappa shape index (κ1) is 16.5. The molecule has 0 radical (unpaired) electrons. The molecular weight excluding hydrogens is 352 g/mol. The average molecular weight is 368 g/mol. The van der Waals surface area contributed by atoms with E-state index in [1.165, 1.54) is 11.8 Å². The van der Waals surface area contributed by atoms with Gasteiger partial charge < -0.3 is 9.84 Å². The van der Waals surface area contributed by atoms with Crippen molar-refractivity contribution in [2.75, 3.05) is 5.32 Å². The molecule has 1 amide bonds. The molecule has 0 aliphatic carbocycles. The Bertz CT molecular complexity index is 1120. The predicted octanol–water partition coefficient (Wildman–Crippen LogP) is 3.00. The molecule has 26 heavy (non-hydrogen) atoms. The molecule has 0 unspecified atom stereocenters. The van der Waals surface area contributed by atoms with E-state index < -0.39 is 5.25 Å². The Balaban J connectivity index is 1.66. The van der Waals surface area contributed by atoms with E-state index in [2.05, 4.69) is 25.5 Å². The first-order valence-electron chi connectivity index (χ1n) is 8.04. The van der Waals surface area contributed by atoms with Crippen molar-refractivity contribution in [3.05, 3.63) is 41.9 Å². The zero-order valence-corrected chi connectivity index (χ0v) is 15.2. The first-order chi connectivity index (χ1) is 12.5. The van der Waals surface area contributed by atoms with Crippen LogP contribution >= 0.6 is 11.8 Å². The van der Waals surface area contributed by atoms with E-state index in [4.69, 9.17) is 4.52 Å². The van der Waals surface area contributed by atoms with Crippen LogP contribution in [0.1, 0.15) is 18.5 Å². The molecule has 0 saturated heterocycles. The standard InChI is InChI=1S/C17H16N6O2S/c1-9-8-14(22-25-9)20-16(24)10(2)26-17-19-13-7-5-4-6-12(13)15-18-11(3)21-23(15)17/h4-8,10H,1-3H3,(H,20,22,24)/t10-/m0/s1. The van der Waals surface area contributed by atoms with Crippen molar-refractivity contribution >= 4 is 40.0 Å². The van der Waals surface area contributed by atoms with Gasteiger partial charge >= 0.3 is 0 Å². The van der Waals surface area contributed by atoms with Gasteiger partial charge in [-0.3, -0.25) is 4.79 Å². The summed E-state index contributed by atoms with van der Waals surface area (Å²) in [6.45, 7) is 5.41. The van der Waals surface area contributed by atoms with Gasteiger partial charge in [-0.2, -0.15) is 4.52 Å². The third-order valence-electron chi connectivity index (χ3n) is 3.79. The van der Waals surface area contributed by atoms with Gasteiger partial charge in [0.05, 0.1) is 10.8 Å². The minimum Gasteiger partial charge on any atom is -0.360 e. The van der Waals surface area contributed by atoms with E-state index >= 15 is 0 Å². The zero-order chi connectivity index (χ0) is 18.3. The lowest BCUT2D eigenvalue weighted by Crippen LogP contribution is -2.23. The van der Waals surface area contributed by atoms with Crippen molar-refractivity contribution in [3.63, 3.8) is 0 Å². The summed E-state index contributed by atoms with van der Waals surface area (Å²) in [6, 6.07) is 9.42. The Morgan fingerprint density at radius 3 is 2.85 bits per heavy atom. The highest BCUT2D eigenvalue weighted by Gasteiger charge is 2.20. The number of anilines is 1. The van der Waals surface area contributed by atoms with E-state index in [-0.39, 0.29) is 5.91 Å². The van der Waals surface area contributed by atoms with Gasteiger partial charge in [-0.05, 0) is 32.9 Å². The molecule has 1 N–H and O–H groups in total. The van der Waals surface area contributed by atoms with Crippen LogP contribution < -0.4 is 5.32 Å². The Labute approximate surface area is 153 Å². The number of fused-ring (bicyclic) bond motifs is 3. The number of aromatic nitrogens is 5. The Morgan fingerprint density at radius 2 is 2.08 bits per heavy atom. The molecule has 3 heterocycles. The van der Waals surface area contributed by atoms with Crippen LogP contribution in [-0.4, -0.2) is 35.9 Å². The highest BCUT2D eigenvalue weighted by atomic mass is 32.2. The summed E-state index contributed by atoms with van der Waals surface area (Å²) < 4.78 is 6.65. The maximum atomic E-state index is 12.4. The number of rotatable bonds is 4. The monoisotopic (exact) mass is 368 g/mol. The van der Waals surface area contributed by atoms with Crippen LogP contribution in [0.25, 0.3) is 16.6 Å². The highest BCUT2D eigenvalue weighted by Crippen LogP contribution is 2.27. The molecule has 8 nitrogen and oxygen atoms in total. The van der Waals surface area contributed by atoms with Crippen molar-refractivity contribution in [2.45, 2.75) is 31.2 Å². The highest BCUT2D eigenvalue weighted by molar-refractivity contribution is 8.00. The third-order valence-corrected chi connectivity index (χ3v) is 4.83. The first-order valence-corrected chi connectivity index (χ1v) is 8.92. The molecule has 0 fully saturated rings. The summed E-state index contributed by atoms with van der Waals surface area (Å²) in [5, 5.41) is 12.1. The lowest BCUT2D eigenvalue weighted by molar-refractivity contribution is -0.115. The van der Waals surface area contributed by atoms with E-state index in [1.807, 2.05) is 31.2 Å². The molecule has 1 atom stereocenters. The van der Waals surface area contributed by atoms with Gasteiger partial charge in [0.1, 0.15) is 11.6 Å². The summed E-state index contributed by atoms with van der Waals surface area (Å²) >= 11 is 1.31. The minimum absolute atomic E-state index is 0.191. The number of hydrogen-bond donors (Lipinski definition) is 1. The summed E-state index contributed by atoms with van der Waals surface area (Å²) in [5.74, 6) is 1.49. The number of aryl methyl sites for hydroxylation is 2. The van der Waals surface area contributed by atoms with Crippen LogP contribution in [0, 0.1) is 13.8 Å². The Kier molecular flexibility index (Phi) is 4.08. The molecule has 9 heteroatoms. The molecule has 0 aliphatic rings. The Morgan fingerprint density at radius 1 is 1.27 bits per heavy atom. The number of amides is 1. The van der Waals surface area contributed by atoms with Crippen LogP contribution in [0.3, 0.4) is 0 Å². The van der Waals surface area contributed by atoms with E-state index in [1.54, 1.807) is 24.4 Å². The second-order valence-corrected chi connectivity index (χ2v) is 7.19. The van der Waals surface area contributed by atoms with Gasteiger partial charge in [0.2, 0.25) is 5.91 Å². The molecule has 0 bridgehead atoms. The van der Waals surface area contributed by atoms with Crippen molar-refractivity contribution < 1.29 is 9.32 Å². The number of carbonyl (C=O) groups is 1. The van der Waals surface area contributed by atoms with Crippen molar-refractivity contribution in [1.82, 2.24) is 24.7 Å². The maximum absolute atomic E-state index is 12.4. The van der Waals surface area contributed by atoms with Crippen LogP contribution in [0.4, 0.5) is 5.82 Å². The topological polar surface area (TPSA) is 98.2 Å². The lowest BCUT2D eigenvalue weighted by Gasteiger charge is -2.11. The summed E-state index contributed by atoms with van der Waals surface area (Å²) in [7, 11) is 0. The maximum Gasteiger partial charge on any atom is 0.238 e. The fraction of sp³-hybridized carbons (Fsp3) is 0.235. The van der Waals surface area contributed by atoms with Crippen LogP contribution in [0.5, 0.6) is 0 Å². The lowest BCUT2D eigenvalue weighted by atomic mass is 10.2. The summed E-state index contributed by atoms with van der Waals surface area (Å²) in [5.41, 5.74) is 1.55. The largest absolute Gasteiger partial charge is 0.360 e. The fourth-order valence-electron chi connectivity index (χ4n) is 2.57. The minimum atomic E-state index is -0.409. The number of para-hydroxylation sites is 1.